The highest BCUT2D eigenvalue weighted by molar-refractivity contribution is 6.31. The molecule has 0 aromatic heterocycles. The molecule has 4 heteroatoms. The molecule has 82 valence electrons. The van der Waals surface area contributed by atoms with Crippen molar-refractivity contribution in [2.45, 2.75) is 12.8 Å². The summed E-state index contributed by atoms with van der Waals surface area (Å²) in [6.45, 7) is 1.67. The Labute approximate surface area is 93.4 Å². The molecule has 2 nitrogen and oxygen atoms in total. The van der Waals surface area contributed by atoms with Gasteiger partial charge in [0.2, 0.25) is 0 Å². The van der Waals surface area contributed by atoms with E-state index < -0.39 is 6.67 Å². The molecular formula is C11H13ClFNO. The van der Waals surface area contributed by atoms with Gasteiger partial charge in [-0.2, -0.15) is 0 Å². The second kappa shape index (κ2) is 4.92. The third-order valence-electron chi connectivity index (χ3n) is 2.56. The molecule has 1 N–H and O–H groups in total. The lowest BCUT2D eigenvalue weighted by atomic mass is 10.0. The summed E-state index contributed by atoms with van der Waals surface area (Å²) in [5, 5.41) is 3.69. The van der Waals surface area contributed by atoms with Crippen molar-refractivity contribution in [2.24, 2.45) is 0 Å². The summed E-state index contributed by atoms with van der Waals surface area (Å²) < 4.78 is 18.4. The van der Waals surface area contributed by atoms with Crippen LogP contribution < -0.4 is 5.32 Å². The molecule has 15 heavy (non-hydrogen) atoms. The van der Waals surface area contributed by atoms with E-state index in [4.69, 9.17) is 16.3 Å². The molecule has 1 saturated heterocycles. The first kappa shape index (κ1) is 10.9. The summed E-state index contributed by atoms with van der Waals surface area (Å²) >= 11 is 5.93. The van der Waals surface area contributed by atoms with Gasteiger partial charge in [0.05, 0.1) is 12.7 Å². The first-order valence-electron chi connectivity index (χ1n) is 4.98. The molecule has 0 spiro atoms. The number of rotatable bonds is 2. The van der Waals surface area contributed by atoms with E-state index in [1.54, 1.807) is 6.07 Å². The molecule has 0 bridgehead atoms. The highest BCUT2D eigenvalue weighted by Crippen LogP contribution is 2.28. The second-order valence-electron chi connectivity index (χ2n) is 3.50. The third-order valence-corrected chi connectivity index (χ3v) is 2.92. The molecule has 1 heterocycles. The van der Waals surface area contributed by atoms with Crippen LogP contribution >= 0.6 is 11.6 Å². The van der Waals surface area contributed by atoms with Crippen LogP contribution in [0, 0.1) is 0 Å². The highest BCUT2D eigenvalue weighted by atomic mass is 35.5. The number of nitrogens with one attached hydrogen (secondary N) is 1. The molecule has 0 radical (unpaired) electrons. The summed E-state index contributed by atoms with van der Waals surface area (Å²) in [6.07, 6.45) is -0.0804. The zero-order valence-corrected chi connectivity index (χ0v) is 9.06. The van der Waals surface area contributed by atoms with Crippen molar-refractivity contribution in [1.29, 1.82) is 0 Å². The van der Waals surface area contributed by atoms with Crippen molar-refractivity contribution in [2.75, 3.05) is 19.7 Å². The summed E-state index contributed by atoms with van der Waals surface area (Å²) in [5.74, 6) is 0. The molecule has 1 aromatic rings. The Morgan fingerprint density at radius 3 is 3.07 bits per heavy atom. The van der Waals surface area contributed by atoms with E-state index in [9.17, 15) is 4.39 Å². The Bertz CT molecular complexity index is 339. The van der Waals surface area contributed by atoms with Gasteiger partial charge >= 0.3 is 0 Å². The zero-order chi connectivity index (χ0) is 10.7. The van der Waals surface area contributed by atoms with Gasteiger partial charge in [-0.25, -0.2) is 4.39 Å². The van der Waals surface area contributed by atoms with Crippen molar-refractivity contribution in [3.05, 3.63) is 34.3 Å². The van der Waals surface area contributed by atoms with E-state index in [1.165, 1.54) is 0 Å². The minimum absolute atomic E-state index is 0.0804. The average molecular weight is 230 g/mol. The summed E-state index contributed by atoms with van der Waals surface area (Å²) in [6, 6.07) is 5.41. The lowest BCUT2D eigenvalue weighted by molar-refractivity contribution is 0.0269. The maximum Gasteiger partial charge on any atom is 0.116 e. The number of hydrogen-bond donors (Lipinski definition) is 1. The molecule has 0 saturated carbocycles. The number of hydrogen-bond acceptors (Lipinski definition) is 2. The SMILES string of the molecule is FCc1c(Cl)cccc1C1CNCCO1. The van der Waals surface area contributed by atoms with E-state index in [0.29, 0.717) is 23.7 Å². The second-order valence-corrected chi connectivity index (χ2v) is 3.91. The largest absolute Gasteiger partial charge is 0.371 e. The molecule has 1 unspecified atom stereocenters. The summed E-state index contributed by atoms with van der Waals surface area (Å²) in [4.78, 5) is 0. The molecule has 2 rings (SSSR count). The van der Waals surface area contributed by atoms with E-state index in [0.717, 1.165) is 12.1 Å². The Morgan fingerprint density at radius 2 is 2.40 bits per heavy atom. The quantitative estimate of drug-likeness (QED) is 0.841. The zero-order valence-electron chi connectivity index (χ0n) is 8.30. The lowest BCUT2D eigenvalue weighted by Gasteiger charge is -2.25. The van der Waals surface area contributed by atoms with Gasteiger partial charge in [0, 0.05) is 23.7 Å². The van der Waals surface area contributed by atoms with Gasteiger partial charge in [0.25, 0.3) is 0 Å². The number of ether oxygens (including phenoxy) is 1. The summed E-state index contributed by atoms with van der Waals surface area (Å²) in [7, 11) is 0. The molecule has 0 amide bonds. The Morgan fingerprint density at radius 1 is 1.53 bits per heavy atom. The maximum absolute atomic E-state index is 12.8. The first-order chi connectivity index (χ1) is 7.33. The predicted molar refractivity (Wildman–Crippen MR) is 57.8 cm³/mol. The molecule has 1 aliphatic rings. The highest BCUT2D eigenvalue weighted by Gasteiger charge is 2.19. The number of morpholine rings is 1. The van der Waals surface area contributed by atoms with Crippen LogP contribution in [-0.4, -0.2) is 19.7 Å². The topological polar surface area (TPSA) is 21.3 Å². The normalized spacial score (nSPS) is 21.6. The van der Waals surface area contributed by atoms with E-state index in [2.05, 4.69) is 5.32 Å². The standard InChI is InChI=1S/C11H13ClFNO/c12-10-3-1-2-8(9(10)6-13)11-7-14-4-5-15-11/h1-3,11,14H,4-7H2. The number of benzene rings is 1. The van der Waals surface area contributed by atoms with Crippen LogP contribution in [0.3, 0.4) is 0 Å². The Hall–Kier alpha value is -0.640. The lowest BCUT2D eigenvalue weighted by Crippen LogP contribution is -2.33. The number of halogens is 2. The monoisotopic (exact) mass is 229 g/mol. The van der Waals surface area contributed by atoms with Crippen LogP contribution in [0.15, 0.2) is 18.2 Å². The molecule has 1 atom stereocenters. The van der Waals surface area contributed by atoms with Gasteiger partial charge in [-0.15, -0.1) is 0 Å². The van der Waals surface area contributed by atoms with Gasteiger partial charge in [0.15, 0.2) is 0 Å². The van der Waals surface area contributed by atoms with Crippen LogP contribution in [-0.2, 0) is 11.4 Å². The molecular weight excluding hydrogens is 217 g/mol. The van der Waals surface area contributed by atoms with Crippen LogP contribution in [0.5, 0.6) is 0 Å². The first-order valence-corrected chi connectivity index (χ1v) is 5.36. The molecule has 1 fully saturated rings. The van der Waals surface area contributed by atoms with Crippen molar-refractivity contribution in [1.82, 2.24) is 5.32 Å². The smallest absolute Gasteiger partial charge is 0.116 e. The van der Waals surface area contributed by atoms with Gasteiger partial charge in [-0.05, 0) is 11.6 Å². The van der Waals surface area contributed by atoms with Gasteiger partial charge < -0.3 is 10.1 Å². The average Bonchev–Trinajstić information content (AvgIpc) is 2.30. The minimum Gasteiger partial charge on any atom is -0.371 e. The van der Waals surface area contributed by atoms with Gasteiger partial charge in [-0.3, -0.25) is 0 Å². The van der Waals surface area contributed by atoms with Crippen LogP contribution in [0.1, 0.15) is 17.2 Å². The molecule has 0 aliphatic carbocycles. The van der Waals surface area contributed by atoms with E-state index in [1.807, 2.05) is 12.1 Å². The summed E-state index contributed by atoms with van der Waals surface area (Å²) in [5.41, 5.74) is 1.41. The van der Waals surface area contributed by atoms with Crippen LogP contribution in [0.4, 0.5) is 4.39 Å². The van der Waals surface area contributed by atoms with Gasteiger partial charge in [-0.1, -0.05) is 23.7 Å². The molecule has 1 aromatic carbocycles. The van der Waals surface area contributed by atoms with Crippen molar-refractivity contribution < 1.29 is 9.13 Å². The van der Waals surface area contributed by atoms with E-state index >= 15 is 0 Å². The maximum atomic E-state index is 12.8. The van der Waals surface area contributed by atoms with Crippen molar-refractivity contribution in [3.63, 3.8) is 0 Å². The van der Waals surface area contributed by atoms with E-state index in [-0.39, 0.29) is 6.10 Å². The van der Waals surface area contributed by atoms with Gasteiger partial charge in [0.1, 0.15) is 6.67 Å². The minimum atomic E-state index is -0.547. The van der Waals surface area contributed by atoms with Crippen LogP contribution in [0.25, 0.3) is 0 Å². The fourth-order valence-corrected chi connectivity index (χ4v) is 2.02. The Balaban J connectivity index is 2.29. The van der Waals surface area contributed by atoms with Crippen molar-refractivity contribution in [3.8, 4) is 0 Å². The fraction of sp³-hybridized carbons (Fsp3) is 0.455. The number of alkyl halides is 1. The fourth-order valence-electron chi connectivity index (χ4n) is 1.78. The Kier molecular flexibility index (Phi) is 3.57. The molecule has 1 aliphatic heterocycles. The van der Waals surface area contributed by atoms with Crippen molar-refractivity contribution >= 4 is 11.6 Å². The predicted octanol–water partition coefficient (Wildman–Crippen LogP) is 2.47. The third kappa shape index (κ3) is 2.30. The van der Waals surface area contributed by atoms with Crippen LogP contribution in [0.2, 0.25) is 5.02 Å².